The minimum atomic E-state index is -1.57. The molecule has 0 aliphatic heterocycles. The number of unbranched alkanes of at least 4 members (excludes halogenated alkanes) is 1. The van der Waals surface area contributed by atoms with Crippen LogP contribution in [0, 0.1) is 3.57 Å². The number of carboxylic acids is 2. The van der Waals surface area contributed by atoms with Crippen molar-refractivity contribution in [2.75, 3.05) is 12.3 Å². The van der Waals surface area contributed by atoms with E-state index in [1.54, 1.807) is 6.07 Å². The minimum Gasteiger partial charge on any atom is -0.492 e. The molecule has 1 heterocycles. The zero-order valence-corrected chi connectivity index (χ0v) is 17.9. The van der Waals surface area contributed by atoms with Gasteiger partial charge in [-0.05, 0) is 41.1 Å². The summed E-state index contributed by atoms with van der Waals surface area (Å²) >= 11 is 5.31. The number of H-pyrrole nitrogens is 1. The molecular weight excluding hydrogens is 535 g/mol. The summed E-state index contributed by atoms with van der Waals surface area (Å²) in [6.07, 6.45) is 1.63. The molecule has 2 rings (SSSR count). The second kappa shape index (κ2) is 8.74. The Morgan fingerprint density at radius 3 is 2.44 bits per heavy atom. The first-order valence-electron chi connectivity index (χ1n) is 7.83. The highest BCUT2D eigenvalue weighted by Gasteiger charge is 2.29. The Hall–Kier alpha value is -2.08. The number of carbonyl (C=O) groups is 2. The number of pyridine rings is 1. The van der Waals surface area contributed by atoms with E-state index >= 15 is 0 Å². The number of ether oxygens (including phenoxy) is 1. The summed E-state index contributed by atoms with van der Waals surface area (Å²) in [7, 11) is 0. The molecule has 2 aromatic rings. The van der Waals surface area contributed by atoms with Crippen LogP contribution in [-0.4, -0.2) is 33.7 Å². The van der Waals surface area contributed by atoms with Gasteiger partial charge in [0, 0.05) is 15.6 Å². The summed E-state index contributed by atoms with van der Waals surface area (Å²) in [4.78, 5) is 37.8. The van der Waals surface area contributed by atoms with Crippen LogP contribution in [-0.2, 0) is 0 Å². The zero-order chi connectivity index (χ0) is 20.3. The lowest BCUT2D eigenvalue weighted by molar-refractivity contribution is 0.0695. The normalized spacial score (nSPS) is 10.6. The molecule has 0 saturated carbocycles. The van der Waals surface area contributed by atoms with Crippen LogP contribution in [0.3, 0.4) is 0 Å². The van der Waals surface area contributed by atoms with Crippen molar-refractivity contribution in [3.8, 4) is 16.9 Å². The van der Waals surface area contributed by atoms with E-state index in [-0.39, 0.29) is 11.1 Å². The van der Waals surface area contributed by atoms with Crippen LogP contribution in [0.2, 0.25) is 0 Å². The van der Waals surface area contributed by atoms with Gasteiger partial charge in [-0.3, -0.25) is 4.79 Å². The van der Waals surface area contributed by atoms with Crippen molar-refractivity contribution in [3.05, 3.63) is 41.7 Å². The molecule has 0 atom stereocenters. The fourth-order valence-electron chi connectivity index (χ4n) is 2.53. The molecule has 144 valence electrons. The van der Waals surface area contributed by atoms with Crippen LogP contribution in [0.15, 0.2) is 21.4 Å². The van der Waals surface area contributed by atoms with Crippen molar-refractivity contribution in [3.63, 3.8) is 0 Å². The third-order valence-corrected chi connectivity index (χ3v) is 4.95. The Balaban J connectivity index is 2.94. The van der Waals surface area contributed by atoms with Gasteiger partial charge in [0.1, 0.15) is 22.7 Å². The first-order chi connectivity index (χ1) is 12.7. The van der Waals surface area contributed by atoms with Crippen LogP contribution >= 0.6 is 38.5 Å². The lowest BCUT2D eigenvalue weighted by Gasteiger charge is -2.18. The summed E-state index contributed by atoms with van der Waals surface area (Å²) in [5.41, 5.74) is 3.37. The molecule has 0 aliphatic rings. The third-order valence-electron chi connectivity index (χ3n) is 3.69. The van der Waals surface area contributed by atoms with E-state index in [4.69, 9.17) is 10.5 Å². The van der Waals surface area contributed by atoms with Crippen molar-refractivity contribution in [1.82, 2.24) is 4.98 Å². The van der Waals surface area contributed by atoms with E-state index in [9.17, 15) is 24.6 Å². The van der Waals surface area contributed by atoms with E-state index in [0.717, 1.165) is 12.8 Å². The fraction of sp³-hybridized carbons (Fsp3) is 0.235. The van der Waals surface area contributed by atoms with Gasteiger partial charge < -0.3 is 25.7 Å². The first-order valence-corrected chi connectivity index (χ1v) is 9.70. The van der Waals surface area contributed by atoms with Crippen LogP contribution in [0.25, 0.3) is 11.1 Å². The molecule has 0 amide bonds. The molecule has 0 unspecified atom stereocenters. The van der Waals surface area contributed by atoms with E-state index in [2.05, 4.69) is 20.9 Å². The predicted octanol–water partition coefficient (Wildman–Crippen LogP) is 3.57. The van der Waals surface area contributed by atoms with Crippen LogP contribution in [0.4, 0.5) is 5.82 Å². The van der Waals surface area contributed by atoms with Gasteiger partial charge >= 0.3 is 11.9 Å². The Kier molecular flexibility index (Phi) is 6.87. The van der Waals surface area contributed by atoms with Gasteiger partial charge in [-0.15, -0.1) is 0 Å². The quantitative estimate of drug-likeness (QED) is 0.305. The summed E-state index contributed by atoms with van der Waals surface area (Å²) in [5, 5.41) is 19.1. The maximum atomic E-state index is 12.2. The average Bonchev–Trinajstić information content (AvgIpc) is 2.54. The Morgan fingerprint density at radius 1 is 1.26 bits per heavy atom. The van der Waals surface area contributed by atoms with Gasteiger partial charge in [0.25, 0.3) is 5.56 Å². The number of nitrogens with one attached hydrogen (secondary N) is 1. The van der Waals surface area contributed by atoms with Gasteiger partial charge in [0.05, 0.1) is 10.2 Å². The van der Waals surface area contributed by atoms with Gasteiger partial charge in [-0.1, -0.05) is 29.3 Å². The molecule has 0 fully saturated rings. The number of carboxylic acid groups (broad SMARTS) is 2. The van der Waals surface area contributed by atoms with Gasteiger partial charge in [0.2, 0.25) is 0 Å². The van der Waals surface area contributed by atoms with E-state index in [0.29, 0.717) is 20.4 Å². The average molecular weight is 551 g/mol. The van der Waals surface area contributed by atoms with Crippen molar-refractivity contribution >= 4 is 56.3 Å². The number of benzene rings is 1. The zero-order valence-electron chi connectivity index (χ0n) is 14.1. The van der Waals surface area contributed by atoms with Gasteiger partial charge in [-0.25, -0.2) is 9.59 Å². The van der Waals surface area contributed by atoms with Crippen molar-refractivity contribution in [1.29, 1.82) is 0 Å². The van der Waals surface area contributed by atoms with E-state index in [1.807, 2.05) is 29.5 Å². The lowest BCUT2D eigenvalue weighted by atomic mass is 9.94. The molecule has 5 N–H and O–H groups in total. The second-order valence-electron chi connectivity index (χ2n) is 5.57. The predicted molar refractivity (Wildman–Crippen MR) is 112 cm³/mol. The number of rotatable bonds is 7. The van der Waals surface area contributed by atoms with Crippen LogP contribution < -0.4 is 16.0 Å². The SMILES string of the molecule is CCCCOc1c(I)cc(Br)cc1-c1c(C(=O)O)c(N)[nH]c(=O)c1C(=O)O. The maximum Gasteiger partial charge on any atom is 0.342 e. The number of aromatic carboxylic acids is 2. The lowest BCUT2D eigenvalue weighted by Crippen LogP contribution is -2.24. The molecule has 0 saturated heterocycles. The number of nitrogens with two attached hydrogens (primary N) is 1. The molecule has 0 spiro atoms. The summed E-state index contributed by atoms with van der Waals surface area (Å²) < 4.78 is 6.99. The fourth-order valence-corrected chi connectivity index (χ4v) is 4.19. The Morgan fingerprint density at radius 2 is 1.89 bits per heavy atom. The monoisotopic (exact) mass is 550 g/mol. The number of aromatic nitrogens is 1. The number of aromatic amines is 1. The molecule has 10 heteroatoms. The molecule has 0 bridgehead atoms. The second-order valence-corrected chi connectivity index (χ2v) is 7.65. The number of hydrogen-bond donors (Lipinski definition) is 4. The summed E-state index contributed by atoms with van der Waals surface area (Å²) in [6, 6.07) is 3.25. The molecule has 1 aromatic heterocycles. The topological polar surface area (TPSA) is 143 Å². The molecular formula is C17H16BrIN2O6. The largest absolute Gasteiger partial charge is 0.492 e. The summed E-state index contributed by atoms with van der Waals surface area (Å²) in [5.74, 6) is -3.16. The molecule has 0 aliphatic carbocycles. The first kappa shape index (κ1) is 21.2. The van der Waals surface area contributed by atoms with Crippen molar-refractivity contribution in [2.45, 2.75) is 19.8 Å². The van der Waals surface area contributed by atoms with E-state index in [1.165, 1.54) is 6.07 Å². The van der Waals surface area contributed by atoms with Gasteiger partial charge in [-0.2, -0.15) is 0 Å². The highest BCUT2D eigenvalue weighted by Crippen LogP contribution is 2.40. The van der Waals surface area contributed by atoms with Crippen LogP contribution in [0.1, 0.15) is 40.5 Å². The summed E-state index contributed by atoms with van der Waals surface area (Å²) in [6.45, 7) is 2.34. The highest BCUT2D eigenvalue weighted by molar-refractivity contribution is 14.1. The third kappa shape index (κ3) is 4.43. The van der Waals surface area contributed by atoms with Gasteiger partial charge in [0.15, 0.2) is 0 Å². The maximum absolute atomic E-state index is 12.2. The number of nitrogen functional groups attached to an aromatic ring is 1. The highest BCUT2D eigenvalue weighted by atomic mass is 127. The Bertz CT molecular complexity index is 973. The number of anilines is 1. The molecule has 1 aromatic carbocycles. The standard InChI is InChI=1S/C17H16BrIN2O6/c1-2-3-4-27-13-8(5-7(18)6-9(13)19)10-11(16(23)24)14(20)21-15(22)12(10)17(25)26/h5-6H,2-4H2,1H3,(H,23,24)(H,25,26)(H3,20,21,22). The van der Waals surface area contributed by atoms with Crippen molar-refractivity contribution in [2.24, 2.45) is 0 Å². The number of hydrogen-bond acceptors (Lipinski definition) is 5. The minimum absolute atomic E-state index is 0.164. The number of halogens is 2. The molecule has 8 nitrogen and oxygen atoms in total. The smallest absolute Gasteiger partial charge is 0.342 e. The van der Waals surface area contributed by atoms with E-state index < -0.39 is 34.4 Å². The molecule has 0 radical (unpaired) electrons. The Labute approximate surface area is 176 Å². The molecule has 27 heavy (non-hydrogen) atoms. The van der Waals surface area contributed by atoms with Crippen LogP contribution in [0.5, 0.6) is 5.75 Å². The van der Waals surface area contributed by atoms with Crippen molar-refractivity contribution < 1.29 is 24.5 Å².